The molecule has 10 aromatic rings. The van der Waals surface area contributed by atoms with E-state index in [0.29, 0.717) is 0 Å². The van der Waals surface area contributed by atoms with E-state index in [-0.39, 0.29) is 5.41 Å². The van der Waals surface area contributed by atoms with E-state index < -0.39 is 0 Å². The molecule has 11 rings (SSSR count). The Balaban J connectivity index is 1.16. The van der Waals surface area contributed by atoms with Crippen LogP contribution in [0.5, 0.6) is 0 Å². The SMILES string of the molecule is CC1(C)c2ccccc2-c2ccc(N(c3ccccc3-c3ccccc3)c3ccc(-c4ccccc4-n4c5ccccc5c5ccccc54)cc3-c3ccccc3)cc21. The number of fused-ring (bicyclic) bond motifs is 6. The Kier molecular flexibility index (Phi) is 8.20. The Morgan fingerprint density at radius 3 is 1.59 bits per heavy atom. The van der Waals surface area contributed by atoms with Crippen LogP contribution in [0.15, 0.2) is 218 Å². The van der Waals surface area contributed by atoms with Crippen LogP contribution in [0.4, 0.5) is 17.1 Å². The quantitative estimate of drug-likeness (QED) is 0.157. The van der Waals surface area contributed by atoms with Crippen molar-refractivity contribution in [2.24, 2.45) is 0 Å². The average Bonchev–Trinajstić information content (AvgIpc) is 3.75. The highest BCUT2D eigenvalue weighted by atomic mass is 15.1. The molecule has 1 aliphatic rings. The van der Waals surface area contributed by atoms with Gasteiger partial charge in [0.15, 0.2) is 0 Å². The summed E-state index contributed by atoms with van der Waals surface area (Å²) < 4.78 is 2.43. The number of aromatic nitrogens is 1. The van der Waals surface area contributed by atoms with E-state index in [4.69, 9.17) is 0 Å². The van der Waals surface area contributed by atoms with Crippen LogP contribution in [0, 0.1) is 0 Å². The summed E-state index contributed by atoms with van der Waals surface area (Å²) in [6, 6.07) is 79.9. The van der Waals surface area contributed by atoms with Gasteiger partial charge in [0.2, 0.25) is 0 Å². The zero-order valence-corrected chi connectivity index (χ0v) is 33.2. The lowest BCUT2D eigenvalue weighted by Gasteiger charge is -2.31. The summed E-state index contributed by atoms with van der Waals surface area (Å²) in [5, 5.41) is 2.51. The van der Waals surface area contributed by atoms with Crippen molar-refractivity contribution in [2.45, 2.75) is 19.3 Å². The molecule has 0 atom stereocenters. The summed E-state index contributed by atoms with van der Waals surface area (Å²) in [5.74, 6) is 0. The smallest absolute Gasteiger partial charge is 0.0541 e. The van der Waals surface area contributed by atoms with Crippen LogP contribution in [0.2, 0.25) is 0 Å². The molecule has 0 fully saturated rings. The normalized spacial score (nSPS) is 12.7. The van der Waals surface area contributed by atoms with Crippen LogP contribution in [-0.4, -0.2) is 4.57 Å². The zero-order chi connectivity index (χ0) is 39.5. The second-order valence-electron chi connectivity index (χ2n) is 16.1. The molecular formula is C57H42N2. The largest absolute Gasteiger partial charge is 0.309 e. The van der Waals surface area contributed by atoms with Crippen LogP contribution < -0.4 is 4.90 Å². The van der Waals surface area contributed by atoms with E-state index in [1.807, 2.05) is 0 Å². The monoisotopic (exact) mass is 754 g/mol. The average molecular weight is 755 g/mol. The Labute approximate surface area is 345 Å². The highest BCUT2D eigenvalue weighted by Gasteiger charge is 2.36. The summed E-state index contributed by atoms with van der Waals surface area (Å²) in [4.78, 5) is 2.49. The van der Waals surface area contributed by atoms with Crippen LogP contribution >= 0.6 is 0 Å². The Morgan fingerprint density at radius 1 is 0.356 bits per heavy atom. The van der Waals surface area contributed by atoms with E-state index in [9.17, 15) is 0 Å². The summed E-state index contributed by atoms with van der Waals surface area (Å²) in [6.45, 7) is 4.73. The molecule has 0 saturated heterocycles. The van der Waals surface area contributed by atoms with E-state index in [0.717, 1.165) is 39.4 Å². The summed E-state index contributed by atoms with van der Waals surface area (Å²) in [7, 11) is 0. The molecule has 0 spiro atoms. The molecule has 0 unspecified atom stereocenters. The maximum Gasteiger partial charge on any atom is 0.0541 e. The highest BCUT2D eigenvalue weighted by Crippen LogP contribution is 2.52. The fourth-order valence-corrected chi connectivity index (χ4v) is 9.61. The summed E-state index contributed by atoms with van der Waals surface area (Å²) >= 11 is 0. The molecule has 9 aromatic carbocycles. The fraction of sp³-hybridized carbons (Fsp3) is 0.0526. The molecule has 0 radical (unpaired) electrons. The molecule has 1 aliphatic carbocycles. The number of nitrogens with zero attached hydrogens (tertiary/aromatic N) is 2. The van der Waals surface area contributed by atoms with Gasteiger partial charge >= 0.3 is 0 Å². The molecule has 1 aromatic heterocycles. The second-order valence-corrected chi connectivity index (χ2v) is 16.1. The minimum Gasteiger partial charge on any atom is -0.309 e. The molecule has 59 heavy (non-hydrogen) atoms. The lowest BCUT2D eigenvalue weighted by Crippen LogP contribution is -2.17. The van der Waals surface area contributed by atoms with Crippen LogP contribution in [0.3, 0.4) is 0 Å². The highest BCUT2D eigenvalue weighted by molar-refractivity contribution is 6.10. The van der Waals surface area contributed by atoms with Crippen molar-refractivity contribution in [2.75, 3.05) is 4.90 Å². The topological polar surface area (TPSA) is 8.17 Å². The van der Waals surface area contributed by atoms with Crippen molar-refractivity contribution in [3.8, 4) is 50.2 Å². The number of para-hydroxylation sites is 4. The third kappa shape index (κ3) is 5.63. The number of hydrogen-bond donors (Lipinski definition) is 0. The second kappa shape index (κ2) is 13.9. The third-order valence-electron chi connectivity index (χ3n) is 12.4. The van der Waals surface area contributed by atoms with Crippen molar-refractivity contribution >= 4 is 38.9 Å². The first-order chi connectivity index (χ1) is 29.1. The van der Waals surface area contributed by atoms with Crippen molar-refractivity contribution < 1.29 is 0 Å². The van der Waals surface area contributed by atoms with E-state index >= 15 is 0 Å². The van der Waals surface area contributed by atoms with E-state index in [2.05, 4.69) is 242 Å². The van der Waals surface area contributed by atoms with Crippen molar-refractivity contribution in [1.82, 2.24) is 4.57 Å². The van der Waals surface area contributed by atoms with Gasteiger partial charge in [-0.15, -0.1) is 0 Å². The molecule has 0 N–H and O–H groups in total. The van der Waals surface area contributed by atoms with E-state index in [1.54, 1.807) is 0 Å². The van der Waals surface area contributed by atoms with Crippen LogP contribution in [-0.2, 0) is 5.41 Å². The summed E-state index contributed by atoms with van der Waals surface area (Å²) in [5.41, 5.74) is 19.2. The molecule has 2 nitrogen and oxygen atoms in total. The zero-order valence-electron chi connectivity index (χ0n) is 33.2. The third-order valence-corrected chi connectivity index (χ3v) is 12.4. The van der Waals surface area contributed by atoms with Gasteiger partial charge in [0.25, 0.3) is 0 Å². The van der Waals surface area contributed by atoms with Crippen molar-refractivity contribution in [3.63, 3.8) is 0 Å². The summed E-state index contributed by atoms with van der Waals surface area (Å²) in [6.07, 6.45) is 0. The van der Waals surface area contributed by atoms with E-state index in [1.165, 1.54) is 60.8 Å². The predicted octanol–water partition coefficient (Wildman–Crippen LogP) is 15.6. The van der Waals surface area contributed by atoms with Gasteiger partial charge in [-0.25, -0.2) is 0 Å². The molecular weight excluding hydrogens is 713 g/mol. The van der Waals surface area contributed by atoms with Gasteiger partial charge < -0.3 is 9.47 Å². The predicted molar refractivity (Wildman–Crippen MR) is 249 cm³/mol. The number of hydrogen-bond acceptors (Lipinski definition) is 1. The molecule has 1 heterocycles. The first-order valence-corrected chi connectivity index (χ1v) is 20.5. The lowest BCUT2D eigenvalue weighted by molar-refractivity contribution is 0.660. The molecule has 280 valence electrons. The number of anilines is 3. The standard InChI is InChI=1S/C57H42N2/c1-57(2)50-28-14-9-25-45(50)46-35-34-42(38-51(46)57)58(52-29-15-10-23-43(52)39-19-5-3-6-20-39)56-36-33-41(37-49(56)40-21-7-4-8-22-40)44-24-11-16-30-53(44)59-54-31-17-12-26-47(54)48-27-13-18-32-55(48)59/h3-38H,1-2H3. The first-order valence-electron chi connectivity index (χ1n) is 20.5. The Morgan fingerprint density at radius 2 is 0.881 bits per heavy atom. The number of rotatable bonds is 7. The van der Waals surface area contributed by atoms with Gasteiger partial charge in [0.1, 0.15) is 0 Å². The van der Waals surface area contributed by atoms with Gasteiger partial charge in [0.05, 0.1) is 28.1 Å². The Hall–Kier alpha value is -7.42. The fourth-order valence-electron chi connectivity index (χ4n) is 9.61. The van der Waals surface area contributed by atoms with Crippen LogP contribution in [0.25, 0.3) is 72.0 Å². The van der Waals surface area contributed by atoms with Gasteiger partial charge in [-0.1, -0.05) is 184 Å². The van der Waals surface area contributed by atoms with Gasteiger partial charge in [-0.2, -0.15) is 0 Å². The lowest BCUT2D eigenvalue weighted by atomic mass is 9.82. The molecule has 0 saturated carbocycles. The molecule has 0 bridgehead atoms. The maximum absolute atomic E-state index is 2.49. The first kappa shape index (κ1) is 34.8. The van der Waals surface area contributed by atoms with Crippen molar-refractivity contribution in [1.29, 1.82) is 0 Å². The van der Waals surface area contributed by atoms with Gasteiger partial charge in [0, 0.05) is 38.6 Å². The van der Waals surface area contributed by atoms with Gasteiger partial charge in [-0.3, -0.25) is 0 Å². The number of benzene rings is 9. The molecule has 0 amide bonds. The molecule has 0 aliphatic heterocycles. The van der Waals surface area contributed by atoms with Crippen molar-refractivity contribution in [3.05, 3.63) is 230 Å². The minimum atomic E-state index is -0.144. The van der Waals surface area contributed by atoms with Crippen LogP contribution in [0.1, 0.15) is 25.0 Å². The molecule has 2 heteroatoms. The van der Waals surface area contributed by atoms with Gasteiger partial charge in [-0.05, 0) is 87.5 Å². The minimum absolute atomic E-state index is 0.144. The Bertz CT molecular complexity index is 3140. The maximum atomic E-state index is 2.49.